The standard InChI is InChI=1S/C20H32N4O3/c1-6-9-15(24(5)13(2)3)12-14(4)22-16-10-7-8-11-17(16)23-18(19(21)25)20(26)27/h7-8,10-11,13-15,22H,6,9,12H2,1-5H3,(H2,21,25)(H,26,27)/b23-18+/t14-,15-/m0/s1. The van der Waals surface area contributed by atoms with Crippen LogP contribution in [-0.2, 0) is 9.59 Å². The second-order valence-corrected chi connectivity index (χ2v) is 7.13. The van der Waals surface area contributed by atoms with Gasteiger partial charge in [-0.25, -0.2) is 9.79 Å². The molecule has 0 aliphatic carbocycles. The van der Waals surface area contributed by atoms with Crippen LogP contribution in [-0.4, -0.2) is 52.8 Å². The van der Waals surface area contributed by atoms with Gasteiger partial charge in [0.25, 0.3) is 5.91 Å². The number of nitrogens with two attached hydrogens (primary N) is 1. The van der Waals surface area contributed by atoms with E-state index in [0.29, 0.717) is 23.5 Å². The lowest BCUT2D eigenvalue weighted by Gasteiger charge is -2.33. The minimum atomic E-state index is -1.44. The number of nitrogens with zero attached hydrogens (tertiary/aromatic N) is 2. The molecule has 0 unspecified atom stereocenters. The molecule has 1 rings (SSSR count). The van der Waals surface area contributed by atoms with Crippen LogP contribution in [0, 0.1) is 0 Å². The molecule has 150 valence electrons. The molecule has 0 saturated carbocycles. The first kappa shape index (κ1) is 22.6. The first-order valence-corrected chi connectivity index (χ1v) is 9.36. The fourth-order valence-electron chi connectivity index (χ4n) is 3.00. The summed E-state index contributed by atoms with van der Waals surface area (Å²) in [5.41, 5.74) is 5.49. The number of benzene rings is 1. The zero-order valence-electron chi connectivity index (χ0n) is 16.9. The quantitative estimate of drug-likeness (QED) is 0.406. The Morgan fingerprint density at radius 2 is 1.89 bits per heavy atom. The summed E-state index contributed by atoms with van der Waals surface area (Å²) in [6, 6.07) is 8.08. The summed E-state index contributed by atoms with van der Waals surface area (Å²) in [6.07, 6.45) is 3.14. The van der Waals surface area contributed by atoms with E-state index in [1.54, 1.807) is 12.1 Å². The molecule has 1 amide bonds. The van der Waals surface area contributed by atoms with E-state index in [1.165, 1.54) is 0 Å². The van der Waals surface area contributed by atoms with E-state index in [1.807, 2.05) is 12.1 Å². The predicted molar refractivity (Wildman–Crippen MR) is 110 cm³/mol. The number of aliphatic carboxylic acids is 1. The van der Waals surface area contributed by atoms with Crippen LogP contribution < -0.4 is 11.1 Å². The molecule has 0 aliphatic heterocycles. The number of nitrogens with one attached hydrogen (secondary N) is 1. The van der Waals surface area contributed by atoms with E-state index in [9.17, 15) is 9.59 Å². The van der Waals surface area contributed by atoms with E-state index in [2.05, 4.69) is 50.0 Å². The monoisotopic (exact) mass is 376 g/mol. The molecule has 1 aromatic carbocycles. The molecule has 2 atom stereocenters. The van der Waals surface area contributed by atoms with E-state index in [-0.39, 0.29) is 6.04 Å². The van der Waals surface area contributed by atoms with Crippen LogP contribution in [0.3, 0.4) is 0 Å². The lowest BCUT2D eigenvalue weighted by atomic mass is 10.0. The molecule has 7 heteroatoms. The van der Waals surface area contributed by atoms with Gasteiger partial charge in [0.1, 0.15) is 0 Å². The number of carboxylic acid groups (broad SMARTS) is 1. The van der Waals surface area contributed by atoms with E-state index in [0.717, 1.165) is 19.3 Å². The highest BCUT2D eigenvalue weighted by Gasteiger charge is 2.20. The van der Waals surface area contributed by atoms with Crippen molar-refractivity contribution in [2.75, 3.05) is 12.4 Å². The van der Waals surface area contributed by atoms with Gasteiger partial charge in [0.05, 0.1) is 11.4 Å². The number of carbonyl (C=O) groups is 2. The summed E-state index contributed by atoms with van der Waals surface area (Å²) in [5.74, 6) is -2.50. The SMILES string of the molecule is CCC[C@@H](C[C@H](C)Nc1ccccc1/N=C(\C(N)=O)C(=O)O)N(C)C(C)C. The summed E-state index contributed by atoms with van der Waals surface area (Å²) < 4.78 is 0. The average molecular weight is 377 g/mol. The number of anilines is 1. The number of amides is 1. The minimum absolute atomic E-state index is 0.140. The number of aliphatic imine (C=N–C) groups is 1. The van der Waals surface area contributed by atoms with Gasteiger partial charge in [0, 0.05) is 18.1 Å². The zero-order valence-corrected chi connectivity index (χ0v) is 16.9. The van der Waals surface area contributed by atoms with Gasteiger partial charge >= 0.3 is 5.97 Å². The molecule has 0 radical (unpaired) electrons. The Hall–Kier alpha value is -2.41. The van der Waals surface area contributed by atoms with Gasteiger partial charge in [-0.15, -0.1) is 0 Å². The number of carbonyl (C=O) groups excluding carboxylic acids is 1. The molecule has 0 saturated heterocycles. The van der Waals surface area contributed by atoms with Crippen molar-refractivity contribution >= 4 is 29.0 Å². The maximum atomic E-state index is 11.3. The van der Waals surface area contributed by atoms with Crippen LogP contribution in [0.25, 0.3) is 0 Å². The predicted octanol–water partition coefficient (Wildman–Crippen LogP) is 3.03. The first-order chi connectivity index (χ1) is 12.7. The molecule has 0 bridgehead atoms. The maximum Gasteiger partial charge on any atom is 0.360 e. The lowest BCUT2D eigenvalue weighted by Crippen LogP contribution is -2.40. The third kappa shape index (κ3) is 7.02. The van der Waals surface area contributed by atoms with Crippen molar-refractivity contribution in [3.63, 3.8) is 0 Å². The number of hydrogen-bond donors (Lipinski definition) is 3. The normalized spacial score (nSPS) is 14.3. The smallest absolute Gasteiger partial charge is 0.360 e. The number of rotatable bonds is 11. The maximum absolute atomic E-state index is 11.3. The van der Waals surface area contributed by atoms with E-state index >= 15 is 0 Å². The highest BCUT2D eigenvalue weighted by molar-refractivity contribution is 6.63. The highest BCUT2D eigenvalue weighted by atomic mass is 16.4. The molecule has 7 nitrogen and oxygen atoms in total. The molecule has 0 heterocycles. The third-order valence-corrected chi connectivity index (χ3v) is 4.61. The van der Waals surface area contributed by atoms with Crippen molar-refractivity contribution < 1.29 is 14.7 Å². The van der Waals surface area contributed by atoms with Gasteiger partial charge < -0.3 is 21.1 Å². The van der Waals surface area contributed by atoms with Crippen LogP contribution in [0.2, 0.25) is 0 Å². The molecule has 0 aromatic heterocycles. The number of carboxylic acids is 1. The summed E-state index contributed by atoms with van der Waals surface area (Å²) in [6.45, 7) is 8.63. The highest BCUT2D eigenvalue weighted by Crippen LogP contribution is 2.26. The van der Waals surface area contributed by atoms with Crippen molar-refractivity contribution in [2.24, 2.45) is 10.7 Å². The fraction of sp³-hybridized carbons (Fsp3) is 0.550. The Balaban J connectivity index is 3.00. The van der Waals surface area contributed by atoms with Crippen LogP contribution in [0.15, 0.2) is 29.3 Å². The van der Waals surface area contributed by atoms with Gasteiger partial charge in [0.15, 0.2) is 0 Å². The lowest BCUT2D eigenvalue weighted by molar-refractivity contribution is -0.130. The second kappa shape index (κ2) is 10.7. The fourth-order valence-corrected chi connectivity index (χ4v) is 3.00. The Morgan fingerprint density at radius 1 is 1.26 bits per heavy atom. The molecular formula is C20H32N4O3. The van der Waals surface area contributed by atoms with Crippen LogP contribution in [0.1, 0.15) is 47.0 Å². The Bertz CT molecular complexity index is 657. The van der Waals surface area contributed by atoms with Crippen molar-refractivity contribution in [3.8, 4) is 0 Å². The summed E-state index contributed by atoms with van der Waals surface area (Å²) in [5, 5.41) is 12.5. The summed E-state index contributed by atoms with van der Waals surface area (Å²) in [7, 11) is 2.14. The minimum Gasteiger partial charge on any atom is -0.476 e. The van der Waals surface area contributed by atoms with Crippen molar-refractivity contribution in [3.05, 3.63) is 24.3 Å². The van der Waals surface area contributed by atoms with Gasteiger partial charge in [-0.3, -0.25) is 4.79 Å². The molecule has 0 fully saturated rings. The van der Waals surface area contributed by atoms with Crippen LogP contribution in [0.5, 0.6) is 0 Å². The van der Waals surface area contributed by atoms with E-state index in [4.69, 9.17) is 10.8 Å². The number of hydrogen-bond acceptors (Lipinski definition) is 5. The summed E-state index contributed by atoms with van der Waals surface area (Å²) >= 11 is 0. The van der Waals surface area contributed by atoms with Gasteiger partial charge in [-0.2, -0.15) is 0 Å². The van der Waals surface area contributed by atoms with Crippen molar-refractivity contribution in [1.29, 1.82) is 0 Å². The second-order valence-electron chi connectivity index (χ2n) is 7.13. The number of para-hydroxylation sites is 2. The van der Waals surface area contributed by atoms with E-state index < -0.39 is 17.6 Å². The zero-order chi connectivity index (χ0) is 20.6. The van der Waals surface area contributed by atoms with Crippen LogP contribution >= 0.6 is 0 Å². The van der Waals surface area contributed by atoms with Gasteiger partial charge in [0.2, 0.25) is 5.71 Å². The Kier molecular flexibility index (Phi) is 8.94. The third-order valence-electron chi connectivity index (χ3n) is 4.61. The van der Waals surface area contributed by atoms with Crippen LogP contribution in [0.4, 0.5) is 11.4 Å². The number of primary amides is 1. The first-order valence-electron chi connectivity index (χ1n) is 9.36. The topological polar surface area (TPSA) is 108 Å². The molecule has 0 aliphatic rings. The molecule has 4 N–H and O–H groups in total. The Morgan fingerprint density at radius 3 is 2.41 bits per heavy atom. The largest absolute Gasteiger partial charge is 0.476 e. The summed E-state index contributed by atoms with van der Waals surface area (Å²) in [4.78, 5) is 28.8. The molecule has 0 spiro atoms. The average Bonchev–Trinajstić information content (AvgIpc) is 2.59. The molecule has 27 heavy (non-hydrogen) atoms. The van der Waals surface area contributed by atoms with Gasteiger partial charge in [-0.1, -0.05) is 25.5 Å². The van der Waals surface area contributed by atoms with Crippen molar-refractivity contribution in [2.45, 2.75) is 65.1 Å². The Labute approximate surface area is 161 Å². The van der Waals surface area contributed by atoms with Gasteiger partial charge in [-0.05, 0) is 52.8 Å². The molecule has 1 aromatic rings. The molecular weight excluding hydrogens is 344 g/mol. The van der Waals surface area contributed by atoms with Crippen molar-refractivity contribution in [1.82, 2.24) is 4.90 Å².